The lowest BCUT2D eigenvalue weighted by Crippen LogP contribution is -2.36. The van der Waals surface area contributed by atoms with Gasteiger partial charge >= 0.3 is 0 Å². The zero-order chi connectivity index (χ0) is 20.5. The van der Waals surface area contributed by atoms with E-state index in [9.17, 15) is 4.79 Å². The normalized spacial score (nSPS) is 16.7. The number of rotatable bonds is 5. The van der Waals surface area contributed by atoms with Gasteiger partial charge in [0.1, 0.15) is 0 Å². The van der Waals surface area contributed by atoms with Gasteiger partial charge in [0.05, 0.1) is 5.56 Å². The van der Waals surface area contributed by atoms with Crippen LogP contribution in [0.1, 0.15) is 33.7 Å². The van der Waals surface area contributed by atoms with Gasteiger partial charge in [-0.15, -0.1) is 0 Å². The maximum Gasteiger partial charge on any atom is 0.255 e. The summed E-state index contributed by atoms with van der Waals surface area (Å²) in [4.78, 5) is 17.6. The number of likely N-dealkylation sites (N-methyl/N-ethyl adjacent to an activating group) is 1. The highest BCUT2D eigenvalue weighted by molar-refractivity contribution is 5.96. The summed E-state index contributed by atoms with van der Waals surface area (Å²) in [5.74, 6) is 0.972. The quantitative estimate of drug-likeness (QED) is 0.671. The van der Waals surface area contributed by atoms with Crippen LogP contribution in [0.4, 0.5) is 0 Å². The van der Waals surface area contributed by atoms with E-state index in [1.165, 1.54) is 5.56 Å². The second-order valence-electron chi connectivity index (χ2n) is 8.06. The molecule has 0 spiro atoms. The predicted molar refractivity (Wildman–Crippen MR) is 114 cm³/mol. The summed E-state index contributed by atoms with van der Waals surface area (Å²) in [5, 5.41) is 4.50. The van der Waals surface area contributed by atoms with Crippen LogP contribution >= 0.6 is 0 Å². The van der Waals surface area contributed by atoms with Crippen molar-refractivity contribution < 1.29 is 4.79 Å². The molecule has 0 radical (unpaired) electrons. The second-order valence-corrected chi connectivity index (χ2v) is 8.06. The van der Waals surface area contributed by atoms with Gasteiger partial charge in [0, 0.05) is 56.4 Å². The van der Waals surface area contributed by atoms with E-state index in [-0.39, 0.29) is 5.91 Å². The fraction of sp³-hybridized carbons (Fsp3) is 0.391. The molecule has 0 bridgehead atoms. The standard InChI is InChI=1S/C23H29N5O/c1-17-14-21(18(2)28(17)22-11-12-26(4)24-22)23(29)27-13-10-20(16-27)25(3)15-19-8-6-5-7-9-19/h5-9,11-12,14,20H,10,13,15-16H2,1-4H3. The Bertz CT molecular complexity index is 1000. The number of carbonyl (C=O) groups is 1. The lowest BCUT2D eigenvalue weighted by molar-refractivity contribution is 0.0779. The van der Waals surface area contributed by atoms with Crippen molar-refractivity contribution in [2.75, 3.05) is 20.1 Å². The molecule has 1 amide bonds. The van der Waals surface area contributed by atoms with Crippen LogP contribution in [0.15, 0.2) is 48.7 Å². The first-order valence-corrected chi connectivity index (χ1v) is 10.2. The number of nitrogens with zero attached hydrogens (tertiary/aromatic N) is 5. The third kappa shape index (κ3) is 3.85. The lowest BCUT2D eigenvalue weighted by atomic mass is 10.1. The van der Waals surface area contributed by atoms with Crippen molar-refractivity contribution in [1.29, 1.82) is 0 Å². The SMILES string of the molecule is Cc1cc(C(=O)N2CCC(N(C)Cc3ccccc3)C2)c(C)n1-c1ccn(C)n1. The molecule has 1 aliphatic heterocycles. The van der Waals surface area contributed by atoms with E-state index in [1.807, 2.05) is 50.2 Å². The van der Waals surface area contributed by atoms with E-state index in [0.29, 0.717) is 6.04 Å². The maximum atomic E-state index is 13.3. The highest BCUT2D eigenvalue weighted by atomic mass is 16.2. The molecule has 0 N–H and O–H groups in total. The van der Waals surface area contributed by atoms with Gasteiger partial charge in [-0.3, -0.25) is 14.4 Å². The fourth-order valence-corrected chi connectivity index (χ4v) is 4.31. The van der Waals surface area contributed by atoms with Crippen LogP contribution < -0.4 is 0 Å². The van der Waals surface area contributed by atoms with Crippen molar-refractivity contribution in [2.45, 2.75) is 32.9 Å². The van der Waals surface area contributed by atoms with Crippen LogP contribution in [-0.2, 0) is 13.6 Å². The third-order valence-electron chi connectivity index (χ3n) is 5.94. The summed E-state index contributed by atoms with van der Waals surface area (Å²) in [6, 6.07) is 14.9. The Kier molecular flexibility index (Phi) is 5.28. The first-order chi connectivity index (χ1) is 13.9. The smallest absolute Gasteiger partial charge is 0.255 e. The molecule has 29 heavy (non-hydrogen) atoms. The molecule has 4 rings (SSSR count). The number of aromatic nitrogens is 3. The van der Waals surface area contributed by atoms with E-state index in [0.717, 1.165) is 48.8 Å². The van der Waals surface area contributed by atoms with Crippen LogP contribution in [0.25, 0.3) is 5.82 Å². The molecule has 6 heteroatoms. The van der Waals surface area contributed by atoms with Crippen LogP contribution in [0.5, 0.6) is 0 Å². The number of likely N-dealkylation sites (tertiary alicyclic amines) is 1. The Balaban J connectivity index is 1.47. The van der Waals surface area contributed by atoms with Crippen molar-refractivity contribution in [3.8, 4) is 5.82 Å². The van der Waals surface area contributed by atoms with Gasteiger partial charge in [0.2, 0.25) is 0 Å². The molecule has 2 aromatic heterocycles. The van der Waals surface area contributed by atoms with Gasteiger partial charge in [-0.2, -0.15) is 5.10 Å². The van der Waals surface area contributed by atoms with Gasteiger partial charge < -0.3 is 9.47 Å². The molecule has 1 aliphatic rings. The van der Waals surface area contributed by atoms with Crippen molar-refractivity contribution in [3.63, 3.8) is 0 Å². The Morgan fingerprint density at radius 3 is 2.66 bits per heavy atom. The molecule has 1 saturated heterocycles. The zero-order valence-electron chi connectivity index (χ0n) is 17.7. The Morgan fingerprint density at radius 1 is 1.21 bits per heavy atom. The minimum atomic E-state index is 0.121. The van der Waals surface area contributed by atoms with Crippen molar-refractivity contribution in [2.24, 2.45) is 7.05 Å². The van der Waals surface area contributed by atoms with Gasteiger partial charge in [-0.1, -0.05) is 30.3 Å². The first-order valence-electron chi connectivity index (χ1n) is 10.2. The average Bonchev–Trinajstić information content (AvgIpc) is 3.41. The molecule has 1 atom stereocenters. The largest absolute Gasteiger partial charge is 0.337 e. The van der Waals surface area contributed by atoms with Crippen molar-refractivity contribution >= 4 is 5.91 Å². The van der Waals surface area contributed by atoms with Crippen LogP contribution in [0.2, 0.25) is 0 Å². The number of hydrogen-bond acceptors (Lipinski definition) is 3. The van der Waals surface area contributed by atoms with Crippen molar-refractivity contribution in [3.05, 3.63) is 71.2 Å². The van der Waals surface area contributed by atoms with Gasteiger partial charge in [0.15, 0.2) is 5.82 Å². The highest BCUT2D eigenvalue weighted by Gasteiger charge is 2.31. The number of aryl methyl sites for hydroxylation is 2. The monoisotopic (exact) mass is 391 g/mol. The summed E-state index contributed by atoms with van der Waals surface area (Å²) in [5.41, 5.74) is 4.06. The molecule has 0 aliphatic carbocycles. The Morgan fingerprint density at radius 2 is 1.97 bits per heavy atom. The second kappa shape index (κ2) is 7.87. The number of benzene rings is 1. The van der Waals surface area contributed by atoms with Crippen LogP contribution in [-0.4, -0.2) is 56.2 Å². The molecule has 1 aromatic carbocycles. The number of hydrogen-bond donors (Lipinski definition) is 0. The highest BCUT2D eigenvalue weighted by Crippen LogP contribution is 2.24. The minimum absolute atomic E-state index is 0.121. The molecule has 6 nitrogen and oxygen atoms in total. The average molecular weight is 392 g/mol. The number of amides is 1. The zero-order valence-corrected chi connectivity index (χ0v) is 17.7. The maximum absolute atomic E-state index is 13.3. The van der Waals surface area contributed by atoms with E-state index in [4.69, 9.17) is 0 Å². The fourth-order valence-electron chi connectivity index (χ4n) is 4.31. The van der Waals surface area contributed by atoms with Gasteiger partial charge in [-0.25, -0.2) is 0 Å². The predicted octanol–water partition coefficient (Wildman–Crippen LogP) is 3.17. The van der Waals surface area contributed by atoms with E-state index in [2.05, 4.69) is 45.9 Å². The van der Waals surface area contributed by atoms with Crippen molar-refractivity contribution in [1.82, 2.24) is 24.1 Å². The summed E-state index contributed by atoms with van der Waals surface area (Å²) >= 11 is 0. The molecule has 3 heterocycles. The Hall–Kier alpha value is -2.86. The van der Waals surface area contributed by atoms with E-state index < -0.39 is 0 Å². The summed E-state index contributed by atoms with van der Waals surface area (Å²) in [6.45, 7) is 6.51. The third-order valence-corrected chi connectivity index (χ3v) is 5.94. The summed E-state index contributed by atoms with van der Waals surface area (Å²) < 4.78 is 3.84. The van der Waals surface area contributed by atoms with Gasteiger partial charge in [-0.05, 0) is 38.9 Å². The topological polar surface area (TPSA) is 46.3 Å². The molecule has 1 fully saturated rings. The summed E-state index contributed by atoms with van der Waals surface area (Å²) in [6.07, 6.45) is 2.93. The number of carbonyl (C=O) groups excluding carboxylic acids is 1. The molecular weight excluding hydrogens is 362 g/mol. The lowest BCUT2D eigenvalue weighted by Gasteiger charge is -2.24. The van der Waals surface area contributed by atoms with Gasteiger partial charge in [0.25, 0.3) is 5.91 Å². The molecule has 152 valence electrons. The minimum Gasteiger partial charge on any atom is -0.337 e. The first kappa shape index (κ1) is 19.5. The molecule has 3 aromatic rings. The van der Waals surface area contributed by atoms with Crippen LogP contribution in [0.3, 0.4) is 0 Å². The van der Waals surface area contributed by atoms with E-state index >= 15 is 0 Å². The van der Waals surface area contributed by atoms with E-state index in [1.54, 1.807) is 4.68 Å². The molecule has 1 unspecified atom stereocenters. The molecule has 0 saturated carbocycles. The van der Waals surface area contributed by atoms with Crippen LogP contribution in [0, 0.1) is 13.8 Å². The molecular formula is C23H29N5O. The summed E-state index contributed by atoms with van der Waals surface area (Å²) in [7, 11) is 4.05. The Labute approximate surface area is 172 Å².